The van der Waals surface area contributed by atoms with Gasteiger partial charge in [0, 0.05) is 29.0 Å². The Hall–Kier alpha value is -2.29. The summed E-state index contributed by atoms with van der Waals surface area (Å²) in [6.45, 7) is 0. The molecule has 0 bridgehead atoms. The molecule has 0 atom stereocenters. The number of pyridine rings is 1. The van der Waals surface area contributed by atoms with Crippen LogP contribution in [-0.2, 0) is 0 Å². The lowest BCUT2D eigenvalue weighted by Gasteiger charge is -2.06. The number of benzene rings is 1. The second-order valence-corrected chi connectivity index (χ2v) is 3.69. The van der Waals surface area contributed by atoms with E-state index in [0.29, 0.717) is 5.69 Å². The lowest BCUT2D eigenvalue weighted by Crippen LogP contribution is -1.91. The molecule has 3 rings (SSSR count). The molecule has 3 nitrogen and oxygen atoms in total. The maximum absolute atomic E-state index is 5.91. The van der Waals surface area contributed by atoms with Crippen LogP contribution in [0.3, 0.4) is 0 Å². The molecule has 0 aliphatic heterocycles. The molecule has 3 heteroatoms. The number of H-pyrrole nitrogens is 1. The summed E-state index contributed by atoms with van der Waals surface area (Å²) in [5.41, 5.74) is 9.68. The van der Waals surface area contributed by atoms with Crippen LogP contribution in [0, 0.1) is 0 Å². The molecule has 0 radical (unpaired) electrons. The first-order valence-corrected chi connectivity index (χ1v) is 5.13. The Balaban J connectivity index is 2.39. The lowest BCUT2D eigenvalue weighted by atomic mass is 10.0. The molecule has 0 saturated carbocycles. The van der Waals surface area contributed by atoms with Crippen molar-refractivity contribution in [3.8, 4) is 11.3 Å². The second-order valence-electron chi connectivity index (χ2n) is 3.69. The van der Waals surface area contributed by atoms with Gasteiger partial charge in [-0.2, -0.15) is 0 Å². The number of aromatic nitrogens is 2. The highest BCUT2D eigenvalue weighted by atomic mass is 14.7. The van der Waals surface area contributed by atoms with E-state index in [2.05, 4.69) is 9.97 Å². The molecule has 2 heterocycles. The van der Waals surface area contributed by atoms with E-state index in [-0.39, 0.29) is 0 Å². The van der Waals surface area contributed by atoms with Gasteiger partial charge in [0.05, 0.1) is 11.2 Å². The minimum atomic E-state index is 0.714. The van der Waals surface area contributed by atoms with Gasteiger partial charge < -0.3 is 10.7 Å². The fraction of sp³-hybridized carbons (Fsp3) is 0. The Labute approximate surface area is 92.9 Å². The number of hydrogen-bond acceptors (Lipinski definition) is 2. The summed E-state index contributed by atoms with van der Waals surface area (Å²) in [6, 6.07) is 11.9. The zero-order chi connectivity index (χ0) is 11.0. The first kappa shape index (κ1) is 8.97. The minimum Gasteiger partial charge on any atom is -0.397 e. The van der Waals surface area contributed by atoms with Crippen molar-refractivity contribution in [1.29, 1.82) is 0 Å². The van der Waals surface area contributed by atoms with Crippen LogP contribution in [0.5, 0.6) is 0 Å². The molecule has 1 aromatic carbocycles. The molecule has 0 amide bonds. The van der Waals surface area contributed by atoms with Crippen LogP contribution < -0.4 is 5.73 Å². The highest BCUT2D eigenvalue weighted by Gasteiger charge is 2.06. The maximum atomic E-state index is 5.91. The predicted octanol–water partition coefficient (Wildman–Crippen LogP) is 2.81. The van der Waals surface area contributed by atoms with E-state index in [4.69, 9.17) is 5.73 Å². The molecule has 0 aliphatic rings. The molecular formula is C13H11N3. The van der Waals surface area contributed by atoms with E-state index < -0.39 is 0 Å². The number of rotatable bonds is 1. The molecule has 0 unspecified atom stereocenters. The average Bonchev–Trinajstić information content (AvgIpc) is 2.83. The summed E-state index contributed by atoms with van der Waals surface area (Å²) < 4.78 is 0. The van der Waals surface area contributed by atoms with Gasteiger partial charge in [0.2, 0.25) is 0 Å². The highest BCUT2D eigenvalue weighted by Crippen LogP contribution is 2.29. The standard InChI is InChI=1S/C13H11N3/c14-11-6-5-9(12-4-2-7-15-12)10-3-1-8-16-13(10)11/h1-8,15H,14H2. The third kappa shape index (κ3) is 1.26. The highest BCUT2D eigenvalue weighted by molar-refractivity contribution is 5.99. The number of nitrogens with zero attached hydrogens (tertiary/aromatic N) is 1. The van der Waals surface area contributed by atoms with Crippen molar-refractivity contribution < 1.29 is 0 Å². The van der Waals surface area contributed by atoms with E-state index in [1.54, 1.807) is 6.20 Å². The minimum absolute atomic E-state index is 0.714. The zero-order valence-corrected chi connectivity index (χ0v) is 8.64. The molecule has 0 fully saturated rings. The van der Waals surface area contributed by atoms with Crippen LogP contribution in [0.2, 0.25) is 0 Å². The maximum Gasteiger partial charge on any atom is 0.0937 e. The average molecular weight is 209 g/mol. The normalized spacial score (nSPS) is 10.8. The third-order valence-corrected chi connectivity index (χ3v) is 2.69. The molecular weight excluding hydrogens is 198 g/mol. The Bertz CT molecular complexity index is 627. The molecule has 3 N–H and O–H groups in total. The fourth-order valence-corrected chi connectivity index (χ4v) is 1.93. The van der Waals surface area contributed by atoms with Crippen molar-refractivity contribution in [3.05, 3.63) is 48.8 Å². The van der Waals surface area contributed by atoms with Crippen molar-refractivity contribution in [1.82, 2.24) is 9.97 Å². The SMILES string of the molecule is Nc1ccc(-c2ccc[nH]2)c2cccnc12. The number of anilines is 1. The molecule has 3 aromatic rings. The lowest BCUT2D eigenvalue weighted by molar-refractivity contribution is 1.39. The molecule has 0 saturated heterocycles. The fourth-order valence-electron chi connectivity index (χ4n) is 1.93. The van der Waals surface area contributed by atoms with E-state index >= 15 is 0 Å². The Morgan fingerprint density at radius 2 is 2.00 bits per heavy atom. The second kappa shape index (κ2) is 3.38. The molecule has 16 heavy (non-hydrogen) atoms. The van der Waals surface area contributed by atoms with Crippen LogP contribution in [-0.4, -0.2) is 9.97 Å². The Morgan fingerprint density at radius 1 is 1.06 bits per heavy atom. The third-order valence-electron chi connectivity index (χ3n) is 2.69. The largest absolute Gasteiger partial charge is 0.397 e. The van der Waals surface area contributed by atoms with Crippen LogP contribution in [0.1, 0.15) is 0 Å². The summed E-state index contributed by atoms with van der Waals surface area (Å²) in [7, 11) is 0. The number of nitrogens with one attached hydrogen (secondary N) is 1. The van der Waals surface area contributed by atoms with Gasteiger partial charge in [-0.3, -0.25) is 4.98 Å². The van der Waals surface area contributed by atoms with Gasteiger partial charge in [0.25, 0.3) is 0 Å². The number of nitrogens with two attached hydrogens (primary N) is 1. The first-order chi connectivity index (χ1) is 7.86. The Morgan fingerprint density at radius 3 is 2.81 bits per heavy atom. The van der Waals surface area contributed by atoms with E-state index in [0.717, 1.165) is 22.2 Å². The summed E-state index contributed by atoms with van der Waals surface area (Å²) in [5, 5.41) is 1.07. The number of hydrogen-bond donors (Lipinski definition) is 2. The van der Waals surface area contributed by atoms with E-state index in [1.165, 1.54) is 0 Å². The summed E-state index contributed by atoms with van der Waals surface area (Å²) in [5.74, 6) is 0. The van der Waals surface area contributed by atoms with Crippen molar-refractivity contribution in [2.45, 2.75) is 0 Å². The van der Waals surface area contributed by atoms with Crippen LogP contribution in [0.25, 0.3) is 22.2 Å². The van der Waals surface area contributed by atoms with Crippen molar-refractivity contribution >= 4 is 16.6 Å². The smallest absolute Gasteiger partial charge is 0.0937 e. The topological polar surface area (TPSA) is 54.7 Å². The van der Waals surface area contributed by atoms with Gasteiger partial charge in [-0.05, 0) is 24.3 Å². The first-order valence-electron chi connectivity index (χ1n) is 5.13. The molecule has 78 valence electrons. The van der Waals surface area contributed by atoms with E-state index in [9.17, 15) is 0 Å². The van der Waals surface area contributed by atoms with Gasteiger partial charge in [-0.1, -0.05) is 12.1 Å². The van der Waals surface area contributed by atoms with Gasteiger partial charge >= 0.3 is 0 Å². The van der Waals surface area contributed by atoms with Gasteiger partial charge in [-0.15, -0.1) is 0 Å². The van der Waals surface area contributed by atoms with Gasteiger partial charge in [0.1, 0.15) is 0 Å². The molecule has 2 aromatic heterocycles. The quantitative estimate of drug-likeness (QED) is 0.605. The van der Waals surface area contributed by atoms with Gasteiger partial charge in [-0.25, -0.2) is 0 Å². The van der Waals surface area contributed by atoms with Crippen molar-refractivity contribution in [2.75, 3.05) is 5.73 Å². The monoisotopic (exact) mass is 209 g/mol. The number of aromatic amines is 1. The van der Waals surface area contributed by atoms with E-state index in [1.807, 2.05) is 42.6 Å². The molecule has 0 spiro atoms. The van der Waals surface area contributed by atoms with Crippen molar-refractivity contribution in [3.63, 3.8) is 0 Å². The number of nitrogen functional groups attached to an aromatic ring is 1. The Kier molecular flexibility index (Phi) is 1.90. The van der Waals surface area contributed by atoms with Crippen LogP contribution in [0.4, 0.5) is 5.69 Å². The van der Waals surface area contributed by atoms with Crippen LogP contribution in [0.15, 0.2) is 48.8 Å². The number of fused-ring (bicyclic) bond motifs is 1. The van der Waals surface area contributed by atoms with Crippen LogP contribution >= 0.6 is 0 Å². The predicted molar refractivity (Wildman–Crippen MR) is 65.9 cm³/mol. The van der Waals surface area contributed by atoms with Gasteiger partial charge in [0.15, 0.2) is 0 Å². The summed E-state index contributed by atoms with van der Waals surface area (Å²) in [6.07, 6.45) is 3.67. The van der Waals surface area contributed by atoms with Crippen molar-refractivity contribution in [2.24, 2.45) is 0 Å². The molecule has 0 aliphatic carbocycles. The summed E-state index contributed by atoms with van der Waals surface area (Å²) >= 11 is 0. The zero-order valence-electron chi connectivity index (χ0n) is 8.64. The summed E-state index contributed by atoms with van der Waals surface area (Å²) in [4.78, 5) is 7.51.